The van der Waals surface area contributed by atoms with Gasteiger partial charge in [-0.15, -0.1) is 11.3 Å². The van der Waals surface area contributed by atoms with Gasteiger partial charge in [0.05, 0.1) is 17.2 Å². The minimum absolute atomic E-state index is 0.0400. The Morgan fingerprint density at radius 1 is 1.47 bits per heavy atom. The summed E-state index contributed by atoms with van der Waals surface area (Å²) < 4.78 is 0. The smallest absolute Gasteiger partial charge is 0.234 e. The lowest BCUT2D eigenvalue weighted by Gasteiger charge is -2.17. The van der Waals surface area contributed by atoms with E-state index in [0.717, 1.165) is 10.7 Å². The molecular formula is C12H21N3OS. The van der Waals surface area contributed by atoms with Gasteiger partial charge in [-0.2, -0.15) is 0 Å². The van der Waals surface area contributed by atoms with Gasteiger partial charge in [0, 0.05) is 18.0 Å². The Bertz CT molecular complexity index is 362. The zero-order valence-corrected chi connectivity index (χ0v) is 11.7. The minimum Gasteiger partial charge on any atom is -0.352 e. The summed E-state index contributed by atoms with van der Waals surface area (Å²) in [4.78, 5) is 15.9. The Kier molecular flexibility index (Phi) is 5.58. The molecule has 0 saturated carbocycles. The zero-order valence-electron chi connectivity index (χ0n) is 10.9. The summed E-state index contributed by atoms with van der Waals surface area (Å²) in [6, 6.07) is 0.214. The van der Waals surface area contributed by atoms with Crippen LogP contribution >= 0.6 is 11.3 Å². The summed E-state index contributed by atoms with van der Waals surface area (Å²) in [7, 11) is 0. The third-order valence-corrected chi connectivity index (χ3v) is 3.47. The lowest BCUT2D eigenvalue weighted by molar-refractivity contribution is -0.121. The van der Waals surface area contributed by atoms with Crippen LogP contribution in [0.25, 0.3) is 0 Å². The molecule has 4 nitrogen and oxygen atoms in total. The van der Waals surface area contributed by atoms with Gasteiger partial charge in [-0.3, -0.25) is 4.79 Å². The highest BCUT2D eigenvalue weighted by Crippen LogP contribution is 2.06. The predicted octanol–water partition coefficient (Wildman–Crippen LogP) is 1.70. The number of nitrogens with one attached hydrogen (secondary N) is 2. The van der Waals surface area contributed by atoms with Crippen LogP contribution in [0.5, 0.6) is 0 Å². The molecule has 2 N–H and O–H groups in total. The van der Waals surface area contributed by atoms with Crippen LogP contribution in [-0.2, 0) is 11.3 Å². The normalized spacial score (nSPS) is 12.8. The molecule has 0 saturated heterocycles. The molecule has 1 aromatic rings. The van der Waals surface area contributed by atoms with Gasteiger partial charge in [-0.25, -0.2) is 4.98 Å². The van der Waals surface area contributed by atoms with Crippen molar-refractivity contribution in [2.24, 2.45) is 5.92 Å². The fraction of sp³-hybridized carbons (Fsp3) is 0.667. The van der Waals surface area contributed by atoms with Crippen molar-refractivity contribution in [2.45, 2.75) is 40.3 Å². The number of nitrogens with zero attached hydrogens (tertiary/aromatic N) is 1. The second-order valence-electron chi connectivity index (χ2n) is 4.56. The molecule has 1 unspecified atom stereocenters. The molecule has 5 heteroatoms. The maximum absolute atomic E-state index is 11.6. The van der Waals surface area contributed by atoms with Crippen LogP contribution in [-0.4, -0.2) is 23.5 Å². The highest BCUT2D eigenvalue weighted by Gasteiger charge is 2.10. The predicted molar refractivity (Wildman–Crippen MR) is 71.0 cm³/mol. The maximum Gasteiger partial charge on any atom is 0.234 e. The molecule has 0 fully saturated rings. The maximum atomic E-state index is 11.6. The highest BCUT2D eigenvalue weighted by atomic mass is 32.1. The Balaban J connectivity index is 2.20. The third-order valence-electron chi connectivity index (χ3n) is 2.65. The molecule has 0 bridgehead atoms. The summed E-state index contributed by atoms with van der Waals surface area (Å²) in [5.41, 5.74) is 0.997. The number of hydrogen-bond acceptors (Lipinski definition) is 4. The molecule has 0 radical (unpaired) electrons. The van der Waals surface area contributed by atoms with E-state index in [4.69, 9.17) is 0 Å². The number of aromatic nitrogens is 1. The number of aryl methyl sites for hydroxylation is 1. The number of hydrogen-bond donors (Lipinski definition) is 2. The van der Waals surface area contributed by atoms with Crippen molar-refractivity contribution in [3.05, 3.63) is 16.1 Å². The van der Waals surface area contributed by atoms with E-state index in [9.17, 15) is 4.79 Å². The highest BCUT2D eigenvalue weighted by molar-refractivity contribution is 7.09. The van der Waals surface area contributed by atoms with Crippen LogP contribution in [0.15, 0.2) is 5.38 Å². The van der Waals surface area contributed by atoms with E-state index in [1.54, 1.807) is 11.3 Å². The summed E-state index contributed by atoms with van der Waals surface area (Å²) in [5.74, 6) is 0.498. The molecule has 0 aliphatic carbocycles. The van der Waals surface area contributed by atoms with Crippen molar-refractivity contribution in [3.8, 4) is 0 Å². The fourth-order valence-corrected chi connectivity index (χ4v) is 1.88. The number of amides is 1. The number of carbonyl (C=O) groups excluding carboxylic acids is 1. The molecule has 0 spiro atoms. The Labute approximate surface area is 107 Å². The molecule has 1 atom stereocenters. The van der Waals surface area contributed by atoms with Crippen molar-refractivity contribution in [1.29, 1.82) is 0 Å². The molecule has 1 heterocycles. The van der Waals surface area contributed by atoms with E-state index in [1.165, 1.54) is 0 Å². The van der Waals surface area contributed by atoms with E-state index in [1.807, 2.05) is 19.2 Å². The first-order valence-corrected chi connectivity index (χ1v) is 6.78. The van der Waals surface area contributed by atoms with Gasteiger partial charge in [-0.1, -0.05) is 13.8 Å². The van der Waals surface area contributed by atoms with Crippen LogP contribution in [0, 0.1) is 12.8 Å². The number of rotatable bonds is 6. The standard InChI is InChI=1S/C12H21N3OS/c1-8(2)9(3)14-12(16)6-13-5-11-7-17-10(4)15-11/h7-9,13H,5-6H2,1-4H3,(H,14,16). The molecule has 1 aromatic heterocycles. The van der Waals surface area contributed by atoms with E-state index in [0.29, 0.717) is 19.0 Å². The summed E-state index contributed by atoms with van der Waals surface area (Å²) in [6.45, 7) is 9.17. The van der Waals surface area contributed by atoms with Crippen molar-refractivity contribution in [2.75, 3.05) is 6.54 Å². The largest absolute Gasteiger partial charge is 0.352 e. The van der Waals surface area contributed by atoms with Crippen molar-refractivity contribution >= 4 is 17.2 Å². The first-order chi connectivity index (χ1) is 7.99. The van der Waals surface area contributed by atoms with Crippen LogP contribution in [0.3, 0.4) is 0 Å². The Hall–Kier alpha value is -0.940. The van der Waals surface area contributed by atoms with Gasteiger partial charge < -0.3 is 10.6 Å². The molecule has 0 aliphatic heterocycles. The van der Waals surface area contributed by atoms with E-state index >= 15 is 0 Å². The first-order valence-electron chi connectivity index (χ1n) is 5.90. The second-order valence-corrected chi connectivity index (χ2v) is 5.62. The van der Waals surface area contributed by atoms with E-state index < -0.39 is 0 Å². The van der Waals surface area contributed by atoms with Gasteiger partial charge >= 0.3 is 0 Å². The molecular weight excluding hydrogens is 234 g/mol. The number of thiazole rings is 1. The van der Waals surface area contributed by atoms with Gasteiger partial charge in [0.2, 0.25) is 5.91 Å². The second kappa shape index (κ2) is 6.71. The van der Waals surface area contributed by atoms with Gasteiger partial charge in [0.15, 0.2) is 0 Å². The Morgan fingerprint density at radius 3 is 2.71 bits per heavy atom. The fourth-order valence-electron chi connectivity index (χ4n) is 1.27. The summed E-state index contributed by atoms with van der Waals surface area (Å²) in [5, 5.41) is 9.11. The SMILES string of the molecule is Cc1nc(CNCC(=O)NC(C)C(C)C)cs1. The molecule has 1 amide bonds. The van der Waals surface area contributed by atoms with Gasteiger partial charge in [0.25, 0.3) is 0 Å². The zero-order chi connectivity index (χ0) is 12.8. The van der Waals surface area contributed by atoms with Crippen molar-refractivity contribution in [3.63, 3.8) is 0 Å². The average Bonchev–Trinajstić information content (AvgIpc) is 2.64. The number of carbonyl (C=O) groups is 1. The van der Waals surface area contributed by atoms with Gasteiger partial charge in [0.1, 0.15) is 0 Å². The Morgan fingerprint density at radius 2 is 2.18 bits per heavy atom. The van der Waals surface area contributed by atoms with Gasteiger partial charge in [-0.05, 0) is 19.8 Å². The van der Waals surface area contributed by atoms with Crippen molar-refractivity contribution < 1.29 is 4.79 Å². The van der Waals surface area contributed by atoms with Crippen LogP contribution in [0.1, 0.15) is 31.5 Å². The molecule has 0 aromatic carbocycles. The van der Waals surface area contributed by atoms with E-state index in [2.05, 4.69) is 29.5 Å². The van der Waals surface area contributed by atoms with E-state index in [-0.39, 0.29) is 11.9 Å². The third kappa shape index (κ3) is 5.28. The molecule has 0 aliphatic rings. The minimum atomic E-state index is 0.0400. The average molecular weight is 255 g/mol. The molecule has 96 valence electrons. The van der Waals surface area contributed by atoms with Crippen LogP contribution in [0.2, 0.25) is 0 Å². The molecule has 1 rings (SSSR count). The monoisotopic (exact) mass is 255 g/mol. The lowest BCUT2D eigenvalue weighted by atomic mass is 10.1. The van der Waals surface area contributed by atoms with Crippen molar-refractivity contribution in [1.82, 2.24) is 15.6 Å². The molecule has 17 heavy (non-hydrogen) atoms. The topological polar surface area (TPSA) is 54.0 Å². The van der Waals surface area contributed by atoms with Crippen LogP contribution < -0.4 is 10.6 Å². The van der Waals surface area contributed by atoms with Crippen LogP contribution in [0.4, 0.5) is 0 Å². The summed E-state index contributed by atoms with van der Waals surface area (Å²) in [6.07, 6.45) is 0. The summed E-state index contributed by atoms with van der Waals surface area (Å²) >= 11 is 1.63. The first kappa shape index (κ1) is 14.1. The lowest BCUT2D eigenvalue weighted by Crippen LogP contribution is -2.41. The quantitative estimate of drug-likeness (QED) is 0.813.